The standard InChI is InChI=1S/C14H13FN4/c1-16-6-9-7-17-14-12(9)13(18-8-19-14)10-4-2-3-5-11(10)15/h2-5,7-8,16H,6H2,1H3,(H,17,18,19). The van der Waals surface area contributed by atoms with Gasteiger partial charge in [-0.25, -0.2) is 14.4 Å². The minimum Gasteiger partial charge on any atom is -0.346 e. The van der Waals surface area contributed by atoms with E-state index in [0.29, 0.717) is 17.8 Å². The molecule has 0 fully saturated rings. The van der Waals surface area contributed by atoms with Crippen LogP contribution in [0, 0.1) is 5.82 Å². The summed E-state index contributed by atoms with van der Waals surface area (Å²) in [6.07, 6.45) is 3.32. The topological polar surface area (TPSA) is 53.6 Å². The first kappa shape index (κ1) is 11.8. The van der Waals surface area contributed by atoms with E-state index < -0.39 is 0 Å². The van der Waals surface area contributed by atoms with Crippen molar-refractivity contribution in [1.29, 1.82) is 0 Å². The molecule has 3 rings (SSSR count). The first-order valence-electron chi connectivity index (χ1n) is 6.01. The lowest BCUT2D eigenvalue weighted by atomic mass is 10.1. The Kier molecular flexibility index (Phi) is 2.97. The molecule has 0 bridgehead atoms. The number of hydrogen-bond acceptors (Lipinski definition) is 3. The van der Waals surface area contributed by atoms with Crippen LogP contribution in [0.25, 0.3) is 22.3 Å². The Morgan fingerprint density at radius 3 is 2.89 bits per heavy atom. The molecule has 0 saturated carbocycles. The number of fused-ring (bicyclic) bond motifs is 1. The molecule has 1 aromatic carbocycles. The quantitative estimate of drug-likeness (QED) is 0.757. The van der Waals surface area contributed by atoms with Gasteiger partial charge in [0.25, 0.3) is 0 Å². The van der Waals surface area contributed by atoms with E-state index in [1.54, 1.807) is 18.2 Å². The Labute approximate surface area is 109 Å². The highest BCUT2D eigenvalue weighted by molar-refractivity contribution is 5.93. The summed E-state index contributed by atoms with van der Waals surface area (Å²) < 4.78 is 13.9. The molecule has 0 atom stereocenters. The van der Waals surface area contributed by atoms with E-state index in [1.807, 2.05) is 13.2 Å². The number of hydrogen-bond donors (Lipinski definition) is 2. The predicted molar refractivity (Wildman–Crippen MR) is 72.0 cm³/mol. The van der Waals surface area contributed by atoms with E-state index in [1.165, 1.54) is 12.4 Å². The summed E-state index contributed by atoms with van der Waals surface area (Å²) in [6, 6.07) is 6.64. The normalized spacial score (nSPS) is 11.1. The minimum absolute atomic E-state index is 0.279. The summed E-state index contributed by atoms with van der Waals surface area (Å²) in [5, 5.41) is 3.95. The molecule has 0 spiro atoms. The van der Waals surface area contributed by atoms with Crippen molar-refractivity contribution >= 4 is 11.0 Å². The zero-order chi connectivity index (χ0) is 13.2. The van der Waals surface area contributed by atoms with Crippen LogP contribution in [0.2, 0.25) is 0 Å². The van der Waals surface area contributed by atoms with E-state index in [2.05, 4.69) is 20.3 Å². The van der Waals surface area contributed by atoms with Gasteiger partial charge in [-0.1, -0.05) is 12.1 Å². The van der Waals surface area contributed by atoms with Crippen molar-refractivity contribution in [3.63, 3.8) is 0 Å². The monoisotopic (exact) mass is 256 g/mol. The number of aromatic nitrogens is 3. The lowest BCUT2D eigenvalue weighted by molar-refractivity contribution is 0.631. The summed E-state index contributed by atoms with van der Waals surface area (Å²) >= 11 is 0. The second-order valence-electron chi connectivity index (χ2n) is 4.27. The lowest BCUT2D eigenvalue weighted by Gasteiger charge is -2.05. The smallest absolute Gasteiger partial charge is 0.141 e. The fraction of sp³-hybridized carbons (Fsp3) is 0.143. The van der Waals surface area contributed by atoms with Crippen LogP contribution in [-0.2, 0) is 6.54 Å². The van der Waals surface area contributed by atoms with Crippen LogP contribution in [0.4, 0.5) is 4.39 Å². The molecule has 0 amide bonds. The fourth-order valence-electron chi connectivity index (χ4n) is 2.21. The molecule has 0 unspecified atom stereocenters. The van der Waals surface area contributed by atoms with Gasteiger partial charge in [0.15, 0.2) is 0 Å². The summed E-state index contributed by atoms with van der Waals surface area (Å²) in [6.45, 7) is 0.675. The molecule has 0 saturated heterocycles. The van der Waals surface area contributed by atoms with E-state index in [0.717, 1.165) is 16.6 Å². The van der Waals surface area contributed by atoms with Crippen molar-refractivity contribution in [2.75, 3.05) is 7.05 Å². The molecule has 0 aliphatic heterocycles. The Morgan fingerprint density at radius 2 is 2.11 bits per heavy atom. The molecule has 2 heterocycles. The number of rotatable bonds is 3. The largest absolute Gasteiger partial charge is 0.346 e. The van der Waals surface area contributed by atoms with Crippen LogP contribution in [0.5, 0.6) is 0 Å². The molecule has 0 aliphatic carbocycles. The number of halogens is 1. The molecule has 5 heteroatoms. The van der Waals surface area contributed by atoms with E-state index in [4.69, 9.17) is 0 Å². The number of nitrogens with zero attached hydrogens (tertiary/aromatic N) is 2. The molecule has 0 aliphatic rings. The molecule has 2 N–H and O–H groups in total. The van der Waals surface area contributed by atoms with E-state index >= 15 is 0 Å². The highest BCUT2D eigenvalue weighted by Gasteiger charge is 2.14. The number of benzene rings is 1. The average Bonchev–Trinajstić information content (AvgIpc) is 2.83. The zero-order valence-electron chi connectivity index (χ0n) is 10.4. The highest BCUT2D eigenvalue weighted by atomic mass is 19.1. The molecule has 4 nitrogen and oxygen atoms in total. The van der Waals surface area contributed by atoms with Gasteiger partial charge in [-0.2, -0.15) is 0 Å². The van der Waals surface area contributed by atoms with Crippen molar-refractivity contribution in [3.05, 3.63) is 48.2 Å². The third-order valence-electron chi connectivity index (χ3n) is 3.05. The van der Waals surface area contributed by atoms with Gasteiger partial charge >= 0.3 is 0 Å². The second kappa shape index (κ2) is 4.78. The summed E-state index contributed by atoms with van der Waals surface area (Å²) in [4.78, 5) is 11.5. The molecule has 2 aromatic heterocycles. The maximum absolute atomic E-state index is 13.9. The van der Waals surface area contributed by atoms with Gasteiger partial charge < -0.3 is 10.3 Å². The van der Waals surface area contributed by atoms with E-state index in [-0.39, 0.29) is 5.82 Å². The van der Waals surface area contributed by atoms with Crippen LogP contribution >= 0.6 is 0 Å². The van der Waals surface area contributed by atoms with Gasteiger partial charge in [-0.15, -0.1) is 0 Å². The molecule has 3 aromatic rings. The molecule has 96 valence electrons. The van der Waals surface area contributed by atoms with Crippen LogP contribution < -0.4 is 5.32 Å². The zero-order valence-corrected chi connectivity index (χ0v) is 10.4. The Bertz CT molecular complexity index is 720. The van der Waals surface area contributed by atoms with Gasteiger partial charge in [0.05, 0.1) is 5.69 Å². The van der Waals surface area contributed by atoms with Crippen molar-refractivity contribution in [1.82, 2.24) is 20.3 Å². The average molecular weight is 256 g/mol. The summed E-state index contributed by atoms with van der Waals surface area (Å²) in [5.41, 5.74) is 2.86. The maximum atomic E-state index is 13.9. The first-order chi connectivity index (χ1) is 9.31. The number of nitrogens with one attached hydrogen (secondary N) is 2. The number of H-pyrrole nitrogens is 1. The van der Waals surface area contributed by atoms with Gasteiger partial charge in [-0.3, -0.25) is 0 Å². The molecular formula is C14H13FN4. The third-order valence-corrected chi connectivity index (χ3v) is 3.05. The second-order valence-corrected chi connectivity index (χ2v) is 4.27. The summed E-state index contributed by atoms with van der Waals surface area (Å²) in [5.74, 6) is -0.279. The minimum atomic E-state index is -0.279. The Hall–Kier alpha value is -2.27. The number of aromatic amines is 1. The van der Waals surface area contributed by atoms with Crippen molar-refractivity contribution in [3.8, 4) is 11.3 Å². The van der Waals surface area contributed by atoms with Crippen molar-refractivity contribution in [2.24, 2.45) is 0 Å². The predicted octanol–water partition coefficient (Wildman–Crippen LogP) is 2.48. The van der Waals surface area contributed by atoms with Crippen molar-refractivity contribution in [2.45, 2.75) is 6.54 Å². The molecule has 0 radical (unpaired) electrons. The third kappa shape index (κ3) is 1.98. The van der Waals surface area contributed by atoms with E-state index in [9.17, 15) is 4.39 Å². The van der Waals surface area contributed by atoms with Crippen LogP contribution in [-0.4, -0.2) is 22.0 Å². The molecular weight excluding hydrogens is 243 g/mol. The summed E-state index contributed by atoms with van der Waals surface area (Å²) in [7, 11) is 1.87. The van der Waals surface area contributed by atoms with Gasteiger partial charge in [0.1, 0.15) is 17.8 Å². The first-order valence-corrected chi connectivity index (χ1v) is 6.01. The van der Waals surface area contributed by atoms with Gasteiger partial charge in [0, 0.05) is 23.7 Å². The van der Waals surface area contributed by atoms with Gasteiger partial charge in [-0.05, 0) is 24.7 Å². The van der Waals surface area contributed by atoms with Crippen molar-refractivity contribution < 1.29 is 4.39 Å². The lowest BCUT2D eigenvalue weighted by Crippen LogP contribution is -2.04. The van der Waals surface area contributed by atoms with Gasteiger partial charge in [0.2, 0.25) is 0 Å². The SMILES string of the molecule is CNCc1c[nH]c2ncnc(-c3ccccc3F)c12. The highest BCUT2D eigenvalue weighted by Crippen LogP contribution is 2.29. The Morgan fingerprint density at radius 1 is 1.26 bits per heavy atom. The fourth-order valence-corrected chi connectivity index (χ4v) is 2.21. The van der Waals surface area contributed by atoms with Crippen LogP contribution in [0.15, 0.2) is 36.8 Å². The van der Waals surface area contributed by atoms with Crippen LogP contribution in [0.1, 0.15) is 5.56 Å². The Balaban J connectivity index is 2.29. The molecule has 19 heavy (non-hydrogen) atoms. The van der Waals surface area contributed by atoms with Crippen LogP contribution in [0.3, 0.4) is 0 Å². The maximum Gasteiger partial charge on any atom is 0.141 e.